The van der Waals surface area contributed by atoms with Crippen LogP contribution in [0.2, 0.25) is 0 Å². The van der Waals surface area contributed by atoms with Crippen molar-refractivity contribution in [3.63, 3.8) is 0 Å². The first-order chi connectivity index (χ1) is 23.8. The van der Waals surface area contributed by atoms with Crippen LogP contribution in [-0.2, 0) is 0 Å². The lowest BCUT2D eigenvalue weighted by Crippen LogP contribution is -1.99. The average molecular weight is 613 g/mol. The van der Waals surface area contributed by atoms with Crippen LogP contribution in [0.4, 0.5) is 0 Å². The van der Waals surface area contributed by atoms with Gasteiger partial charge in [-0.2, -0.15) is 0 Å². The molecule has 7 aromatic carbocycles. The maximum atomic E-state index is 5.21. The Morgan fingerprint density at radius 1 is 0.354 bits per heavy atom. The average Bonchev–Trinajstić information content (AvgIpc) is 3.67. The molecule has 3 heteroatoms. The Balaban J connectivity index is 0.00000325. The molecule has 0 saturated heterocycles. The van der Waals surface area contributed by atoms with Crippen molar-refractivity contribution in [2.24, 2.45) is 0 Å². The zero-order valence-electron chi connectivity index (χ0n) is 27.1. The number of hydrogen-bond donors (Lipinski definition) is 0. The summed E-state index contributed by atoms with van der Waals surface area (Å²) >= 11 is 0. The molecule has 0 bridgehead atoms. The lowest BCUT2D eigenvalue weighted by molar-refractivity contribution is 1.15. The van der Waals surface area contributed by atoms with Crippen LogP contribution in [0.3, 0.4) is 0 Å². The Bertz CT molecular complexity index is 2760. The molecule has 0 unspecified atom stereocenters. The molecule has 10 aromatic rings. The van der Waals surface area contributed by atoms with Crippen LogP contribution >= 0.6 is 0 Å². The van der Waals surface area contributed by atoms with Gasteiger partial charge in [0.25, 0.3) is 0 Å². The van der Waals surface area contributed by atoms with Gasteiger partial charge in [0.1, 0.15) is 0 Å². The van der Waals surface area contributed by atoms with Crippen molar-refractivity contribution in [1.29, 1.82) is 0 Å². The van der Waals surface area contributed by atoms with Crippen LogP contribution < -0.4 is 0 Å². The van der Waals surface area contributed by atoms with E-state index in [9.17, 15) is 0 Å². The first-order valence-electron chi connectivity index (χ1n) is 16.4. The Hall–Kier alpha value is -6.45. The number of aromatic nitrogens is 3. The molecule has 48 heavy (non-hydrogen) atoms. The number of hydrogen-bond acceptors (Lipinski definition) is 1. The summed E-state index contributed by atoms with van der Waals surface area (Å²) < 4.78 is 4.85. The third-order valence-corrected chi connectivity index (χ3v) is 9.67. The van der Waals surface area contributed by atoms with Crippen LogP contribution in [0.5, 0.6) is 0 Å². The molecular weight excluding hydrogens is 583 g/mol. The zero-order chi connectivity index (χ0) is 31.6. The van der Waals surface area contributed by atoms with Crippen LogP contribution in [0.15, 0.2) is 176 Å². The Morgan fingerprint density at radius 2 is 0.917 bits per heavy atom. The summed E-state index contributed by atoms with van der Waals surface area (Å²) in [4.78, 5) is 5.21. The van der Waals surface area contributed by atoms with Gasteiger partial charge in [-0.25, -0.2) is 4.98 Å². The molecule has 0 spiro atoms. The molecular formula is C45H30N3-. The van der Waals surface area contributed by atoms with Crippen LogP contribution in [-0.4, -0.2) is 14.1 Å². The van der Waals surface area contributed by atoms with E-state index in [1.807, 2.05) is 0 Å². The molecule has 0 aliphatic carbocycles. The minimum Gasteiger partial charge on any atom is -1.00 e. The summed E-state index contributed by atoms with van der Waals surface area (Å²) in [6.07, 6.45) is 0. The molecule has 3 nitrogen and oxygen atoms in total. The van der Waals surface area contributed by atoms with Crippen LogP contribution in [0.25, 0.3) is 88.3 Å². The highest BCUT2D eigenvalue weighted by atomic mass is 15.0. The minimum absolute atomic E-state index is 0. The number of para-hydroxylation sites is 2. The zero-order valence-corrected chi connectivity index (χ0v) is 26.1. The maximum Gasteiger partial charge on any atom is 0.0730 e. The lowest BCUT2D eigenvalue weighted by atomic mass is 10.0. The van der Waals surface area contributed by atoms with E-state index in [1.165, 1.54) is 48.9 Å². The van der Waals surface area contributed by atoms with E-state index < -0.39 is 0 Å². The van der Waals surface area contributed by atoms with Gasteiger partial charge in [-0.1, -0.05) is 127 Å². The van der Waals surface area contributed by atoms with Gasteiger partial charge in [-0.3, -0.25) is 0 Å². The molecule has 0 aliphatic heterocycles. The summed E-state index contributed by atoms with van der Waals surface area (Å²) in [5.74, 6) is 0. The summed E-state index contributed by atoms with van der Waals surface area (Å²) in [5, 5.41) is 7.50. The highest BCUT2D eigenvalue weighted by molar-refractivity contribution is 6.25. The van der Waals surface area contributed by atoms with Gasteiger partial charge in [0, 0.05) is 38.4 Å². The maximum absolute atomic E-state index is 5.21. The largest absolute Gasteiger partial charge is 1.00 e. The normalized spacial score (nSPS) is 11.8. The second kappa shape index (κ2) is 10.5. The van der Waals surface area contributed by atoms with E-state index >= 15 is 0 Å². The first-order valence-corrected chi connectivity index (χ1v) is 16.4. The first kappa shape index (κ1) is 26.7. The Morgan fingerprint density at radius 3 is 1.62 bits per heavy atom. The SMILES string of the molecule is [H-].c1ccc(-c2cc(-n3c4cc5c(cc4c4c6ccccc6ccc43)c3ccccc3n5-c3ccccc3)cc(-c3ccccc3)n2)cc1. The van der Waals surface area contributed by atoms with Crippen molar-refractivity contribution in [3.8, 4) is 33.9 Å². The number of pyridine rings is 1. The Kier molecular flexibility index (Phi) is 5.87. The van der Waals surface area contributed by atoms with E-state index in [0.29, 0.717) is 0 Å². The van der Waals surface area contributed by atoms with Gasteiger partial charge in [0.05, 0.1) is 39.1 Å². The molecule has 0 aliphatic rings. The van der Waals surface area contributed by atoms with Crippen LogP contribution in [0, 0.1) is 0 Å². The Labute approximate surface area is 279 Å². The molecule has 0 saturated carbocycles. The van der Waals surface area contributed by atoms with Crippen molar-refractivity contribution < 1.29 is 1.43 Å². The predicted octanol–water partition coefficient (Wildman–Crippen LogP) is 11.9. The molecule has 0 N–H and O–H groups in total. The smallest absolute Gasteiger partial charge is 0.0730 e. The predicted molar refractivity (Wildman–Crippen MR) is 202 cm³/mol. The monoisotopic (exact) mass is 612 g/mol. The van der Waals surface area contributed by atoms with Gasteiger partial charge in [0.2, 0.25) is 0 Å². The summed E-state index contributed by atoms with van der Waals surface area (Å²) in [5.41, 5.74) is 11.0. The van der Waals surface area contributed by atoms with E-state index in [4.69, 9.17) is 4.98 Å². The second-order valence-electron chi connectivity index (χ2n) is 12.4. The molecule has 226 valence electrons. The molecule has 3 heterocycles. The molecule has 0 fully saturated rings. The highest BCUT2D eigenvalue weighted by Gasteiger charge is 2.21. The standard InChI is InChI=1S/C45H29N3.H/c1-4-15-31(16-5-1)39-26-34(27-40(46-39)32-17-6-2-7-18-32)48-42-25-24-30-14-10-11-21-35(30)45(42)38-28-37-36-22-12-13-23-41(36)47(43(37)29-44(38)48)33-19-8-3-9-20-33;/h1-29H;/q;-1. The van der Waals surface area contributed by atoms with Gasteiger partial charge in [0.15, 0.2) is 0 Å². The third kappa shape index (κ3) is 4.04. The van der Waals surface area contributed by atoms with E-state index in [-0.39, 0.29) is 1.43 Å². The number of benzene rings is 7. The molecule has 3 aromatic heterocycles. The van der Waals surface area contributed by atoms with Crippen molar-refractivity contribution in [2.75, 3.05) is 0 Å². The fraction of sp³-hybridized carbons (Fsp3) is 0. The minimum atomic E-state index is 0. The highest BCUT2D eigenvalue weighted by Crippen LogP contribution is 2.42. The second-order valence-corrected chi connectivity index (χ2v) is 12.4. The summed E-state index contributed by atoms with van der Waals surface area (Å²) in [7, 11) is 0. The number of nitrogens with zero attached hydrogens (tertiary/aromatic N) is 3. The lowest BCUT2D eigenvalue weighted by Gasteiger charge is -2.14. The summed E-state index contributed by atoms with van der Waals surface area (Å²) in [6.45, 7) is 0. The van der Waals surface area contributed by atoms with E-state index in [0.717, 1.165) is 39.4 Å². The topological polar surface area (TPSA) is 22.8 Å². The third-order valence-electron chi connectivity index (χ3n) is 9.67. The fourth-order valence-electron chi connectivity index (χ4n) is 7.54. The number of rotatable bonds is 4. The van der Waals surface area contributed by atoms with Crippen molar-refractivity contribution in [1.82, 2.24) is 14.1 Å². The molecule has 0 radical (unpaired) electrons. The molecule has 0 atom stereocenters. The van der Waals surface area contributed by atoms with Gasteiger partial charge in [-0.05, 0) is 59.3 Å². The quantitative estimate of drug-likeness (QED) is 0.194. The van der Waals surface area contributed by atoms with E-state index in [2.05, 4.69) is 185 Å². The van der Waals surface area contributed by atoms with Gasteiger partial charge < -0.3 is 10.6 Å². The molecule has 10 rings (SSSR count). The van der Waals surface area contributed by atoms with E-state index in [1.54, 1.807) is 0 Å². The van der Waals surface area contributed by atoms with Crippen LogP contribution in [0.1, 0.15) is 1.43 Å². The molecule has 0 amide bonds. The van der Waals surface area contributed by atoms with Crippen molar-refractivity contribution >= 4 is 54.4 Å². The summed E-state index contributed by atoms with van der Waals surface area (Å²) in [6, 6.07) is 63.1. The van der Waals surface area contributed by atoms with Gasteiger partial charge in [-0.15, -0.1) is 0 Å². The van der Waals surface area contributed by atoms with Crippen molar-refractivity contribution in [2.45, 2.75) is 0 Å². The fourth-order valence-corrected chi connectivity index (χ4v) is 7.54. The van der Waals surface area contributed by atoms with Gasteiger partial charge >= 0.3 is 0 Å². The number of fused-ring (bicyclic) bond motifs is 8. The van der Waals surface area contributed by atoms with Crippen molar-refractivity contribution in [3.05, 3.63) is 176 Å².